The quantitative estimate of drug-likeness (QED) is 0.807. The van der Waals surface area contributed by atoms with Crippen LogP contribution < -0.4 is 11.1 Å². The van der Waals surface area contributed by atoms with Crippen LogP contribution in [0.3, 0.4) is 0 Å². The summed E-state index contributed by atoms with van der Waals surface area (Å²) in [6.45, 7) is 3.34. The molecular weight excluding hydrogens is 281 g/mol. The Hall–Kier alpha value is -1.38. The number of carbonyl (C=O) groups excluding carboxylic acids is 1. The molecule has 0 radical (unpaired) electrons. The van der Waals surface area contributed by atoms with Crippen LogP contribution in [0.5, 0.6) is 0 Å². The zero-order valence-electron chi connectivity index (χ0n) is 10.5. The highest BCUT2D eigenvalue weighted by Crippen LogP contribution is 2.29. The molecule has 1 rings (SSSR count). The largest absolute Gasteiger partial charge is 0.441 e. The van der Waals surface area contributed by atoms with Crippen LogP contribution in [0.1, 0.15) is 11.4 Å². The summed E-state index contributed by atoms with van der Waals surface area (Å²) in [7, 11) is 0. The van der Waals surface area contributed by atoms with E-state index in [-0.39, 0.29) is 30.6 Å². The van der Waals surface area contributed by atoms with Crippen LogP contribution in [0, 0.1) is 13.8 Å². The molecule has 0 spiro atoms. The molecule has 108 valence electrons. The molecule has 0 saturated heterocycles. The lowest BCUT2D eigenvalue weighted by Crippen LogP contribution is -2.30. The Morgan fingerprint density at radius 2 is 2.11 bits per heavy atom. The van der Waals surface area contributed by atoms with Crippen molar-refractivity contribution in [2.75, 3.05) is 18.0 Å². The SMILES string of the molecule is Cc1nn(CC(=O)NCCSC(F)(F)F)c(C)c1N. The van der Waals surface area contributed by atoms with E-state index in [0.717, 1.165) is 0 Å². The van der Waals surface area contributed by atoms with Crippen molar-refractivity contribution in [3.63, 3.8) is 0 Å². The lowest BCUT2D eigenvalue weighted by atomic mass is 10.3. The molecule has 0 fully saturated rings. The second-order valence-electron chi connectivity index (χ2n) is 3.89. The highest BCUT2D eigenvalue weighted by molar-refractivity contribution is 8.00. The number of aryl methyl sites for hydroxylation is 1. The van der Waals surface area contributed by atoms with Gasteiger partial charge in [0.15, 0.2) is 0 Å². The summed E-state index contributed by atoms with van der Waals surface area (Å²) in [4.78, 5) is 11.5. The molecule has 0 aliphatic rings. The molecule has 0 unspecified atom stereocenters. The predicted octanol–water partition coefficient (Wildman–Crippen LogP) is 1.45. The minimum Gasteiger partial charge on any atom is -0.396 e. The monoisotopic (exact) mass is 296 g/mol. The van der Waals surface area contributed by atoms with E-state index in [4.69, 9.17) is 5.73 Å². The summed E-state index contributed by atoms with van der Waals surface area (Å²) in [6, 6.07) is 0. The number of nitrogens with zero attached hydrogens (tertiary/aromatic N) is 2. The average molecular weight is 296 g/mol. The second-order valence-corrected chi connectivity index (χ2v) is 5.05. The molecule has 0 aliphatic heterocycles. The van der Waals surface area contributed by atoms with Gasteiger partial charge in [-0.15, -0.1) is 0 Å². The van der Waals surface area contributed by atoms with E-state index in [0.29, 0.717) is 17.1 Å². The molecule has 0 atom stereocenters. The Labute approximate surface area is 112 Å². The van der Waals surface area contributed by atoms with Gasteiger partial charge in [0, 0.05) is 12.3 Å². The Morgan fingerprint density at radius 1 is 1.47 bits per heavy atom. The smallest absolute Gasteiger partial charge is 0.396 e. The van der Waals surface area contributed by atoms with Crippen LogP contribution in [0.2, 0.25) is 0 Å². The predicted molar refractivity (Wildman–Crippen MR) is 67.6 cm³/mol. The average Bonchev–Trinajstić information content (AvgIpc) is 2.51. The first kappa shape index (κ1) is 15.7. The third-order valence-corrected chi connectivity index (χ3v) is 3.16. The van der Waals surface area contributed by atoms with Crippen LogP contribution in [0.25, 0.3) is 0 Å². The van der Waals surface area contributed by atoms with Crippen LogP contribution >= 0.6 is 11.8 Å². The molecule has 1 aromatic heterocycles. The maximum absolute atomic E-state index is 11.8. The fraction of sp³-hybridized carbons (Fsp3) is 0.600. The van der Waals surface area contributed by atoms with Crippen LogP contribution in [-0.2, 0) is 11.3 Å². The lowest BCUT2D eigenvalue weighted by molar-refractivity contribution is -0.121. The summed E-state index contributed by atoms with van der Waals surface area (Å²) in [5.41, 5.74) is 3.24. The van der Waals surface area contributed by atoms with E-state index in [9.17, 15) is 18.0 Å². The first-order valence-corrected chi connectivity index (χ1v) is 6.46. The zero-order chi connectivity index (χ0) is 14.6. The Balaban J connectivity index is 2.37. The van der Waals surface area contributed by atoms with Crippen LogP contribution in [-0.4, -0.2) is 33.5 Å². The fourth-order valence-electron chi connectivity index (χ4n) is 1.41. The number of hydrogen-bond acceptors (Lipinski definition) is 4. The number of carbonyl (C=O) groups is 1. The number of rotatable bonds is 5. The molecule has 1 heterocycles. The van der Waals surface area contributed by atoms with Crippen molar-refractivity contribution in [3.05, 3.63) is 11.4 Å². The molecule has 0 saturated carbocycles. The second kappa shape index (κ2) is 6.18. The topological polar surface area (TPSA) is 72.9 Å². The van der Waals surface area contributed by atoms with Crippen LogP contribution in [0.4, 0.5) is 18.9 Å². The molecule has 0 aliphatic carbocycles. The molecule has 0 aromatic carbocycles. The van der Waals surface area contributed by atoms with Gasteiger partial charge in [-0.2, -0.15) is 18.3 Å². The summed E-state index contributed by atoms with van der Waals surface area (Å²) in [5, 5.41) is 6.46. The van der Waals surface area contributed by atoms with Crippen molar-refractivity contribution in [1.82, 2.24) is 15.1 Å². The molecule has 19 heavy (non-hydrogen) atoms. The molecule has 3 N–H and O–H groups in total. The van der Waals surface area contributed by atoms with Crippen molar-refractivity contribution in [3.8, 4) is 0 Å². The standard InChI is InChI=1S/C10H15F3N4OS/c1-6-9(14)7(2)17(16-6)5-8(18)15-3-4-19-10(11,12)13/h3-5,14H2,1-2H3,(H,15,18). The molecule has 1 amide bonds. The van der Waals surface area contributed by atoms with Crippen molar-refractivity contribution in [1.29, 1.82) is 0 Å². The van der Waals surface area contributed by atoms with Gasteiger partial charge in [0.1, 0.15) is 6.54 Å². The van der Waals surface area contributed by atoms with E-state index in [1.54, 1.807) is 13.8 Å². The van der Waals surface area contributed by atoms with Gasteiger partial charge in [-0.05, 0) is 25.6 Å². The number of alkyl halides is 3. The van der Waals surface area contributed by atoms with Gasteiger partial charge in [-0.1, -0.05) is 0 Å². The van der Waals surface area contributed by atoms with E-state index < -0.39 is 11.4 Å². The Morgan fingerprint density at radius 3 is 2.58 bits per heavy atom. The van der Waals surface area contributed by atoms with Gasteiger partial charge >= 0.3 is 5.51 Å². The number of hydrogen-bond donors (Lipinski definition) is 2. The number of amides is 1. The normalized spacial score (nSPS) is 11.6. The fourth-order valence-corrected chi connectivity index (χ4v) is 1.85. The number of nitrogens with one attached hydrogen (secondary N) is 1. The summed E-state index contributed by atoms with van der Waals surface area (Å²) >= 11 is -0.166. The van der Waals surface area contributed by atoms with Crippen molar-refractivity contribution >= 4 is 23.4 Å². The highest BCUT2D eigenvalue weighted by atomic mass is 32.2. The number of aromatic nitrogens is 2. The van der Waals surface area contributed by atoms with Gasteiger partial charge in [0.05, 0.1) is 17.1 Å². The van der Waals surface area contributed by atoms with Gasteiger partial charge < -0.3 is 11.1 Å². The third kappa shape index (κ3) is 5.01. The lowest BCUT2D eigenvalue weighted by Gasteiger charge is -2.08. The van der Waals surface area contributed by atoms with E-state index in [1.165, 1.54) is 4.68 Å². The van der Waals surface area contributed by atoms with Crippen molar-refractivity contribution < 1.29 is 18.0 Å². The first-order chi connectivity index (χ1) is 8.70. The third-order valence-electron chi connectivity index (χ3n) is 2.42. The number of halogens is 3. The summed E-state index contributed by atoms with van der Waals surface area (Å²) < 4.78 is 37.0. The number of thioether (sulfide) groups is 1. The Bertz CT molecular complexity index is 458. The van der Waals surface area contributed by atoms with Crippen molar-refractivity contribution in [2.24, 2.45) is 0 Å². The summed E-state index contributed by atoms with van der Waals surface area (Å²) in [5.74, 6) is -0.609. The van der Waals surface area contributed by atoms with Gasteiger partial charge in [0.2, 0.25) is 5.91 Å². The van der Waals surface area contributed by atoms with E-state index >= 15 is 0 Å². The first-order valence-electron chi connectivity index (χ1n) is 5.47. The zero-order valence-corrected chi connectivity index (χ0v) is 11.4. The number of nitrogen functional groups attached to an aromatic ring is 1. The minimum atomic E-state index is -4.27. The van der Waals surface area contributed by atoms with Gasteiger partial charge in [0.25, 0.3) is 0 Å². The van der Waals surface area contributed by atoms with Gasteiger partial charge in [-0.3, -0.25) is 9.48 Å². The van der Waals surface area contributed by atoms with Crippen molar-refractivity contribution in [2.45, 2.75) is 25.9 Å². The molecule has 9 heteroatoms. The molecule has 0 bridgehead atoms. The Kier molecular flexibility index (Phi) is 5.10. The number of anilines is 1. The van der Waals surface area contributed by atoms with E-state index in [2.05, 4.69) is 10.4 Å². The van der Waals surface area contributed by atoms with Gasteiger partial charge in [-0.25, -0.2) is 0 Å². The molecule has 1 aromatic rings. The highest BCUT2D eigenvalue weighted by Gasteiger charge is 2.27. The maximum Gasteiger partial charge on any atom is 0.441 e. The minimum absolute atomic E-state index is 0.0439. The van der Waals surface area contributed by atoms with Crippen LogP contribution in [0.15, 0.2) is 0 Å². The molecule has 5 nitrogen and oxygen atoms in total. The number of nitrogens with two attached hydrogens (primary N) is 1. The summed E-state index contributed by atoms with van der Waals surface area (Å²) in [6.07, 6.45) is 0. The maximum atomic E-state index is 11.8. The van der Waals surface area contributed by atoms with E-state index in [1.807, 2.05) is 0 Å². The molecular formula is C10H15F3N4OS.